The van der Waals surface area contributed by atoms with Gasteiger partial charge in [0.1, 0.15) is 12.1 Å². The van der Waals surface area contributed by atoms with Crippen molar-refractivity contribution in [2.24, 2.45) is 5.92 Å². The highest BCUT2D eigenvalue weighted by Gasteiger charge is 2.40. The number of nitrogens with zero attached hydrogens (tertiary/aromatic N) is 1. The Bertz CT molecular complexity index is 814. The van der Waals surface area contributed by atoms with Crippen LogP contribution in [0.5, 0.6) is 0 Å². The number of rotatable bonds is 3. The van der Waals surface area contributed by atoms with Crippen LogP contribution in [0.2, 0.25) is 0 Å². The number of carbonyl (C=O) groups excluding carboxylic acids is 2. The Kier molecular flexibility index (Phi) is 3.95. The molecule has 2 unspecified atom stereocenters. The predicted molar refractivity (Wildman–Crippen MR) is 89.1 cm³/mol. The number of hydrogen-bond donors (Lipinski definition) is 2. The Hall–Kier alpha value is -2.76. The van der Waals surface area contributed by atoms with E-state index in [9.17, 15) is 14.0 Å². The first-order chi connectivity index (χ1) is 12.1. The second-order valence-electron chi connectivity index (χ2n) is 6.68. The number of halogens is 1. The molecule has 2 heterocycles. The molecule has 2 aliphatic rings. The van der Waals surface area contributed by atoms with Crippen molar-refractivity contribution in [2.45, 2.75) is 31.3 Å². The maximum absolute atomic E-state index is 13.2. The average Bonchev–Trinajstić information content (AvgIpc) is 3.01. The molecule has 25 heavy (non-hydrogen) atoms. The summed E-state index contributed by atoms with van der Waals surface area (Å²) in [5, 5.41) is 5.66. The molecule has 1 saturated heterocycles. The number of nitrogens with one attached hydrogen (secondary N) is 2. The maximum atomic E-state index is 13.2. The summed E-state index contributed by atoms with van der Waals surface area (Å²) in [5.41, 5.74) is 3.10. The Morgan fingerprint density at radius 1 is 1.04 bits per heavy atom. The lowest BCUT2D eigenvalue weighted by atomic mass is 9.92. The van der Waals surface area contributed by atoms with Crippen LogP contribution in [0.3, 0.4) is 0 Å². The minimum Gasteiger partial charge on any atom is -0.342 e. The van der Waals surface area contributed by atoms with Crippen LogP contribution >= 0.6 is 0 Å². The minimum absolute atomic E-state index is 0.0701. The van der Waals surface area contributed by atoms with E-state index in [0.29, 0.717) is 5.56 Å². The van der Waals surface area contributed by atoms with Crippen molar-refractivity contribution in [1.29, 1.82) is 0 Å². The van der Waals surface area contributed by atoms with Gasteiger partial charge >= 0.3 is 0 Å². The summed E-state index contributed by atoms with van der Waals surface area (Å²) in [6.07, 6.45) is 3.17. The van der Waals surface area contributed by atoms with Crippen LogP contribution in [0, 0.1) is 11.9 Å². The third kappa shape index (κ3) is 3.12. The van der Waals surface area contributed by atoms with Crippen molar-refractivity contribution in [3.05, 3.63) is 65.2 Å². The van der Waals surface area contributed by atoms with E-state index in [1.165, 1.54) is 23.4 Å². The van der Waals surface area contributed by atoms with E-state index in [-0.39, 0.29) is 24.2 Å². The molecule has 6 heteroatoms. The molecule has 1 aromatic heterocycles. The quantitative estimate of drug-likeness (QED) is 0.825. The molecule has 2 atom stereocenters. The standard InChI is InChI=1S/C19H18FN3O2/c20-16-8-11(5-6-21-16)7-15-18(24)23-17(19(25)22-15)14-9-12-3-1-2-4-13(12)10-14/h1-6,8,14-15,17H,7,9-10H2,(H,22,25)(H,23,24). The fourth-order valence-corrected chi connectivity index (χ4v) is 3.76. The monoisotopic (exact) mass is 339 g/mol. The molecule has 1 fully saturated rings. The molecule has 4 rings (SSSR count). The van der Waals surface area contributed by atoms with E-state index >= 15 is 0 Å². The van der Waals surface area contributed by atoms with Gasteiger partial charge in [-0.1, -0.05) is 24.3 Å². The summed E-state index contributed by atoms with van der Waals surface area (Å²) in [6, 6.07) is 9.83. The third-order valence-electron chi connectivity index (χ3n) is 5.00. The maximum Gasteiger partial charge on any atom is 0.243 e. The molecule has 1 aliphatic heterocycles. The van der Waals surface area contributed by atoms with Crippen LogP contribution < -0.4 is 10.6 Å². The van der Waals surface area contributed by atoms with E-state index in [1.54, 1.807) is 6.07 Å². The molecule has 0 saturated carbocycles. The van der Waals surface area contributed by atoms with Crippen molar-refractivity contribution in [3.63, 3.8) is 0 Å². The zero-order chi connectivity index (χ0) is 17.4. The number of hydrogen-bond acceptors (Lipinski definition) is 3. The van der Waals surface area contributed by atoms with Crippen molar-refractivity contribution in [2.75, 3.05) is 0 Å². The normalized spacial score (nSPS) is 23.1. The summed E-state index contributed by atoms with van der Waals surface area (Å²) in [4.78, 5) is 28.5. The molecule has 0 radical (unpaired) electrons. The fourth-order valence-electron chi connectivity index (χ4n) is 3.76. The Morgan fingerprint density at radius 3 is 2.44 bits per heavy atom. The lowest BCUT2D eigenvalue weighted by molar-refractivity contribution is -0.138. The van der Waals surface area contributed by atoms with Crippen LogP contribution in [0.15, 0.2) is 42.6 Å². The molecule has 2 aromatic rings. The van der Waals surface area contributed by atoms with E-state index < -0.39 is 18.0 Å². The number of pyridine rings is 1. The molecular formula is C19H18FN3O2. The van der Waals surface area contributed by atoms with Crippen LogP contribution in [-0.4, -0.2) is 28.9 Å². The number of piperazine rings is 1. The highest BCUT2D eigenvalue weighted by atomic mass is 19.1. The summed E-state index contributed by atoms with van der Waals surface area (Å²) in [6.45, 7) is 0. The van der Waals surface area contributed by atoms with Crippen molar-refractivity contribution in [1.82, 2.24) is 15.6 Å². The van der Waals surface area contributed by atoms with Gasteiger partial charge in [-0.15, -0.1) is 0 Å². The average molecular weight is 339 g/mol. The SMILES string of the molecule is O=C1NC(C2Cc3ccccc3C2)C(=O)NC1Cc1ccnc(F)c1. The van der Waals surface area contributed by atoms with Crippen molar-refractivity contribution >= 4 is 11.8 Å². The minimum atomic E-state index is -0.686. The third-order valence-corrected chi connectivity index (χ3v) is 5.00. The molecule has 1 aromatic carbocycles. The van der Waals surface area contributed by atoms with Crippen molar-refractivity contribution < 1.29 is 14.0 Å². The Morgan fingerprint density at radius 2 is 1.76 bits per heavy atom. The molecule has 2 N–H and O–H groups in total. The van der Waals surface area contributed by atoms with Gasteiger partial charge in [0.15, 0.2) is 0 Å². The fraction of sp³-hybridized carbons (Fsp3) is 0.316. The zero-order valence-electron chi connectivity index (χ0n) is 13.5. The van der Waals surface area contributed by atoms with Gasteiger partial charge in [0.25, 0.3) is 0 Å². The number of fused-ring (bicyclic) bond motifs is 1. The van der Waals surface area contributed by atoms with Crippen molar-refractivity contribution in [3.8, 4) is 0 Å². The van der Waals surface area contributed by atoms with Gasteiger partial charge in [0, 0.05) is 12.6 Å². The van der Waals surface area contributed by atoms with Gasteiger partial charge in [0.05, 0.1) is 0 Å². The van der Waals surface area contributed by atoms with Crippen LogP contribution in [0.25, 0.3) is 0 Å². The second-order valence-corrected chi connectivity index (χ2v) is 6.68. The second kappa shape index (κ2) is 6.27. The van der Waals surface area contributed by atoms with E-state index in [0.717, 1.165) is 12.8 Å². The number of aromatic nitrogens is 1. The molecule has 0 bridgehead atoms. The highest BCUT2D eigenvalue weighted by molar-refractivity contribution is 5.97. The largest absolute Gasteiger partial charge is 0.342 e. The molecule has 1 aliphatic carbocycles. The van der Waals surface area contributed by atoms with E-state index in [2.05, 4.69) is 27.8 Å². The van der Waals surface area contributed by atoms with Gasteiger partial charge < -0.3 is 10.6 Å². The van der Waals surface area contributed by atoms with E-state index in [4.69, 9.17) is 0 Å². The number of benzene rings is 1. The number of carbonyl (C=O) groups is 2. The summed E-state index contributed by atoms with van der Waals surface area (Å²) in [5.74, 6) is -0.919. The van der Waals surface area contributed by atoms with Gasteiger partial charge in [-0.25, -0.2) is 4.98 Å². The van der Waals surface area contributed by atoms with Gasteiger partial charge in [-0.2, -0.15) is 4.39 Å². The number of amides is 2. The topological polar surface area (TPSA) is 71.1 Å². The molecular weight excluding hydrogens is 321 g/mol. The lowest BCUT2D eigenvalue weighted by Gasteiger charge is -2.32. The summed E-state index contributed by atoms with van der Waals surface area (Å²) in [7, 11) is 0. The first kappa shape index (κ1) is 15.7. The molecule has 128 valence electrons. The Labute approximate surface area is 144 Å². The van der Waals surface area contributed by atoms with E-state index in [1.807, 2.05) is 12.1 Å². The summed E-state index contributed by atoms with van der Waals surface area (Å²) < 4.78 is 13.2. The predicted octanol–water partition coefficient (Wildman–Crippen LogP) is 1.16. The van der Waals surface area contributed by atoms with Crippen LogP contribution in [-0.2, 0) is 28.9 Å². The smallest absolute Gasteiger partial charge is 0.243 e. The first-order valence-electron chi connectivity index (χ1n) is 8.38. The lowest BCUT2D eigenvalue weighted by Crippen LogP contribution is -2.64. The zero-order valence-corrected chi connectivity index (χ0v) is 13.5. The van der Waals surface area contributed by atoms with Gasteiger partial charge in [0.2, 0.25) is 17.8 Å². The molecule has 0 spiro atoms. The molecule has 5 nitrogen and oxygen atoms in total. The van der Waals surface area contributed by atoms with Crippen LogP contribution in [0.1, 0.15) is 16.7 Å². The summed E-state index contributed by atoms with van der Waals surface area (Å²) >= 11 is 0. The first-order valence-corrected chi connectivity index (χ1v) is 8.38. The highest BCUT2D eigenvalue weighted by Crippen LogP contribution is 2.29. The van der Waals surface area contributed by atoms with Gasteiger partial charge in [-0.05, 0) is 47.6 Å². The van der Waals surface area contributed by atoms with Crippen LogP contribution in [0.4, 0.5) is 4.39 Å². The van der Waals surface area contributed by atoms with Gasteiger partial charge in [-0.3, -0.25) is 9.59 Å². The molecule has 2 amide bonds. The Balaban J connectivity index is 1.44.